The van der Waals surface area contributed by atoms with Crippen molar-refractivity contribution in [1.29, 1.82) is 0 Å². The smallest absolute Gasteiger partial charge is 0.444 e. The molecule has 0 aromatic heterocycles. The second-order valence-electron chi connectivity index (χ2n) is 9.77. The van der Waals surface area contributed by atoms with Gasteiger partial charge in [-0.05, 0) is 73.1 Å². The van der Waals surface area contributed by atoms with Gasteiger partial charge in [0, 0.05) is 18.9 Å². The van der Waals surface area contributed by atoms with Crippen LogP contribution in [-0.2, 0) is 14.0 Å². The lowest BCUT2D eigenvalue weighted by Gasteiger charge is -2.34. The SMILES string of the molecule is CC(C)(C)OC(=O)N1CCC2(CC1)C[C@H]2B1OC(C)(C)C(C)(C)O1. The number of hydrogen-bond donors (Lipinski definition) is 0. The summed E-state index contributed by atoms with van der Waals surface area (Å²) in [5.41, 5.74) is -0.673. The first-order chi connectivity index (χ1) is 10.9. The molecule has 2 heterocycles. The van der Waals surface area contributed by atoms with Crippen LogP contribution >= 0.6 is 0 Å². The maximum absolute atomic E-state index is 12.2. The molecule has 1 atom stereocenters. The van der Waals surface area contributed by atoms with Crippen LogP contribution < -0.4 is 0 Å². The van der Waals surface area contributed by atoms with Crippen molar-refractivity contribution in [2.24, 2.45) is 5.41 Å². The fourth-order valence-corrected chi connectivity index (χ4v) is 3.85. The zero-order valence-electron chi connectivity index (χ0n) is 16.3. The minimum Gasteiger partial charge on any atom is -0.444 e. The molecule has 0 N–H and O–H groups in total. The third-order valence-electron chi connectivity index (χ3n) is 6.26. The Kier molecular flexibility index (Phi) is 4.04. The summed E-state index contributed by atoms with van der Waals surface area (Å²) < 4.78 is 17.9. The van der Waals surface area contributed by atoms with Crippen LogP contribution in [0.15, 0.2) is 0 Å². The molecule has 0 radical (unpaired) electrons. The molecule has 24 heavy (non-hydrogen) atoms. The molecule has 2 saturated heterocycles. The first kappa shape index (κ1) is 18.1. The largest absolute Gasteiger partial charge is 0.461 e. The molecule has 1 amide bonds. The fourth-order valence-electron chi connectivity index (χ4n) is 3.85. The van der Waals surface area contributed by atoms with Crippen molar-refractivity contribution in [2.75, 3.05) is 13.1 Å². The minimum absolute atomic E-state index is 0.108. The van der Waals surface area contributed by atoms with Crippen molar-refractivity contribution in [3.05, 3.63) is 0 Å². The number of nitrogens with zero attached hydrogens (tertiary/aromatic N) is 1. The van der Waals surface area contributed by atoms with Crippen molar-refractivity contribution in [3.8, 4) is 0 Å². The number of piperidine rings is 1. The predicted molar refractivity (Wildman–Crippen MR) is 93.9 cm³/mol. The highest BCUT2D eigenvalue weighted by atomic mass is 16.7. The molecule has 6 heteroatoms. The van der Waals surface area contributed by atoms with E-state index in [9.17, 15) is 4.79 Å². The molecule has 0 aromatic rings. The van der Waals surface area contributed by atoms with Crippen LogP contribution in [0.25, 0.3) is 0 Å². The Hall–Kier alpha value is -0.745. The summed E-state index contributed by atoms with van der Waals surface area (Å²) in [6, 6.07) is 0. The molecular formula is C18H32BNO4. The van der Waals surface area contributed by atoms with E-state index in [2.05, 4.69) is 27.7 Å². The lowest BCUT2D eigenvalue weighted by molar-refractivity contribution is 0.00578. The molecule has 1 aliphatic carbocycles. The zero-order chi connectivity index (χ0) is 18.0. The second-order valence-corrected chi connectivity index (χ2v) is 9.77. The molecule has 1 spiro atoms. The van der Waals surface area contributed by atoms with Gasteiger partial charge in [-0.25, -0.2) is 4.79 Å². The van der Waals surface area contributed by atoms with Gasteiger partial charge in [-0.3, -0.25) is 0 Å². The van der Waals surface area contributed by atoms with E-state index in [-0.39, 0.29) is 24.4 Å². The Balaban J connectivity index is 1.54. The monoisotopic (exact) mass is 337 g/mol. The summed E-state index contributed by atoms with van der Waals surface area (Å²) in [4.78, 5) is 14.1. The van der Waals surface area contributed by atoms with Crippen molar-refractivity contribution in [1.82, 2.24) is 4.90 Å². The van der Waals surface area contributed by atoms with Gasteiger partial charge in [-0.15, -0.1) is 0 Å². The fraction of sp³-hybridized carbons (Fsp3) is 0.944. The maximum Gasteiger partial charge on any atom is 0.461 e. The number of likely N-dealkylation sites (tertiary alicyclic amines) is 1. The molecule has 1 saturated carbocycles. The molecule has 0 aromatic carbocycles. The Bertz CT molecular complexity index is 502. The van der Waals surface area contributed by atoms with Gasteiger partial charge in [0.15, 0.2) is 0 Å². The van der Waals surface area contributed by atoms with Crippen LogP contribution in [0.2, 0.25) is 5.82 Å². The van der Waals surface area contributed by atoms with E-state index in [1.54, 1.807) is 0 Å². The summed E-state index contributed by atoms with van der Waals surface area (Å²) in [6.45, 7) is 15.7. The highest BCUT2D eigenvalue weighted by Gasteiger charge is 2.66. The number of carbonyl (C=O) groups is 1. The lowest BCUT2D eigenvalue weighted by Crippen LogP contribution is -2.42. The molecule has 3 fully saturated rings. The molecule has 3 rings (SSSR count). The Labute approximate surface area is 146 Å². The van der Waals surface area contributed by atoms with Crippen molar-refractivity contribution in [2.45, 2.75) is 90.3 Å². The topological polar surface area (TPSA) is 48.0 Å². The van der Waals surface area contributed by atoms with Gasteiger partial charge >= 0.3 is 13.2 Å². The van der Waals surface area contributed by atoms with E-state index in [0.717, 1.165) is 32.4 Å². The number of ether oxygens (including phenoxy) is 1. The van der Waals surface area contributed by atoms with E-state index in [4.69, 9.17) is 14.0 Å². The highest BCUT2D eigenvalue weighted by Crippen LogP contribution is 2.67. The average molecular weight is 337 g/mol. The van der Waals surface area contributed by atoms with Crippen molar-refractivity contribution >= 4 is 13.2 Å². The molecule has 2 aliphatic heterocycles. The summed E-state index contributed by atoms with van der Waals surface area (Å²) in [5, 5.41) is 0. The summed E-state index contributed by atoms with van der Waals surface area (Å²) >= 11 is 0. The van der Waals surface area contributed by atoms with Gasteiger partial charge in [0.2, 0.25) is 0 Å². The van der Waals surface area contributed by atoms with Crippen LogP contribution in [-0.4, -0.2) is 48.0 Å². The van der Waals surface area contributed by atoms with Gasteiger partial charge in [0.05, 0.1) is 11.2 Å². The first-order valence-corrected chi connectivity index (χ1v) is 9.19. The molecular weight excluding hydrogens is 305 g/mol. The summed E-state index contributed by atoms with van der Waals surface area (Å²) in [7, 11) is -0.108. The van der Waals surface area contributed by atoms with E-state index < -0.39 is 5.60 Å². The van der Waals surface area contributed by atoms with E-state index >= 15 is 0 Å². The number of carbonyl (C=O) groups excluding carboxylic acids is 1. The lowest BCUT2D eigenvalue weighted by atomic mass is 9.74. The number of amides is 1. The van der Waals surface area contributed by atoms with E-state index in [1.165, 1.54) is 0 Å². The van der Waals surface area contributed by atoms with Crippen LogP contribution in [0, 0.1) is 5.41 Å². The molecule has 5 nitrogen and oxygen atoms in total. The highest BCUT2D eigenvalue weighted by molar-refractivity contribution is 6.49. The normalized spacial score (nSPS) is 30.5. The van der Waals surface area contributed by atoms with E-state index in [0.29, 0.717) is 11.2 Å². The third-order valence-corrected chi connectivity index (χ3v) is 6.26. The molecule has 3 aliphatic rings. The van der Waals surface area contributed by atoms with Gasteiger partial charge in [-0.2, -0.15) is 0 Å². The van der Waals surface area contributed by atoms with Gasteiger partial charge < -0.3 is 18.9 Å². The van der Waals surface area contributed by atoms with Crippen LogP contribution in [0.1, 0.15) is 67.7 Å². The van der Waals surface area contributed by atoms with Crippen LogP contribution in [0.4, 0.5) is 4.79 Å². The molecule has 0 bridgehead atoms. The van der Waals surface area contributed by atoms with Crippen LogP contribution in [0.5, 0.6) is 0 Å². The quantitative estimate of drug-likeness (QED) is 0.682. The third kappa shape index (κ3) is 3.19. The van der Waals surface area contributed by atoms with Gasteiger partial charge in [0.1, 0.15) is 5.60 Å². The standard InChI is InChI=1S/C18H32BNO4/c1-15(2,3)22-14(21)20-10-8-18(9-11-20)12-13(18)19-23-16(4,5)17(6,7)24-19/h13H,8-12H2,1-7H3/t13-/m1/s1. The maximum atomic E-state index is 12.2. The predicted octanol–water partition coefficient (Wildman–Crippen LogP) is 3.87. The summed E-state index contributed by atoms with van der Waals surface area (Å²) in [6.07, 6.45) is 2.98. The zero-order valence-corrected chi connectivity index (χ0v) is 16.3. The second kappa shape index (κ2) is 5.37. The van der Waals surface area contributed by atoms with Crippen molar-refractivity contribution in [3.63, 3.8) is 0 Å². The van der Waals surface area contributed by atoms with Gasteiger partial charge in [-0.1, -0.05) is 0 Å². The van der Waals surface area contributed by atoms with Crippen LogP contribution in [0.3, 0.4) is 0 Å². The summed E-state index contributed by atoms with van der Waals surface area (Å²) in [5.74, 6) is 0.458. The molecule has 0 unspecified atom stereocenters. The number of rotatable bonds is 1. The Morgan fingerprint density at radius 2 is 1.58 bits per heavy atom. The minimum atomic E-state index is -0.434. The number of hydrogen-bond acceptors (Lipinski definition) is 4. The van der Waals surface area contributed by atoms with Crippen molar-refractivity contribution < 1.29 is 18.8 Å². The Morgan fingerprint density at radius 3 is 2.04 bits per heavy atom. The van der Waals surface area contributed by atoms with Gasteiger partial charge in [0.25, 0.3) is 0 Å². The first-order valence-electron chi connectivity index (χ1n) is 9.19. The molecule has 136 valence electrons. The average Bonchev–Trinajstić information content (AvgIpc) is 3.03. The Morgan fingerprint density at radius 1 is 1.08 bits per heavy atom. The van der Waals surface area contributed by atoms with E-state index in [1.807, 2.05) is 25.7 Å².